The van der Waals surface area contributed by atoms with Gasteiger partial charge in [-0.25, -0.2) is 9.78 Å². The lowest BCUT2D eigenvalue weighted by molar-refractivity contribution is 0.0531. The fourth-order valence-corrected chi connectivity index (χ4v) is 5.92. The van der Waals surface area contributed by atoms with Crippen LogP contribution in [0.15, 0.2) is 35.1 Å². The maximum Gasteiger partial charge on any atom is 0.348 e. The van der Waals surface area contributed by atoms with E-state index in [1.165, 1.54) is 27.9 Å². The van der Waals surface area contributed by atoms with Gasteiger partial charge in [0.2, 0.25) is 0 Å². The molecule has 1 aliphatic heterocycles. The molecule has 0 amide bonds. The van der Waals surface area contributed by atoms with E-state index in [-0.39, 0.29) is 11.6 Å². The molecule has 7 nitrogen and oxygen atoms in total. The first-order valence-electron chi connectivity index (χ1n) is 11.5. The lowest BCUT2D eigenvalue weighted by atomic mass is 9.92. The van der Waals surface area contributed by atoms with Gasteiger partial charge in [-0.3, -0.25) is 9.69 Å². The summed E-state index contributed by atoms with van der Waals surface area (Å²) >= 11 is 1.24. The lowest BCUT2D eigenvalue weighted by Crippen LogP contribution is -2.36. The van der Waals surface area contributed by atoms with E-state index >= 15 is 0 Å². The van der Waals surface area contributed by atoms with E-state index in [1.807, 2.05) is 0 Å². The van der Waals surface area contributed by atoms with Crippen molar-refractivity contribution in [1.82, 2.24) is 19.9 Å². The molecule has 0 bridgehead atoms. The van der Waals surface area contributed by atoms with Crippen LogP contribution in [0.5, 0.6) is 0 Å². The first-order valence-corrected chi connectivity index (χ1v) is 12.3. The number of hydrogen-bond donors (Lipinski definition) is 2. The number of nitrogens with zero attached hydrogens (tertiary/aromatic N) is 2. The summed E-state index contributed by atoms with van der Waals surface area (Å²) in [5, 5.41) is 1.74. The first-order chi connectivity index (χ1) is 16.0. The van der Waals surface area contributed by atoms with Gasteiger partial charge in [0.25, 0.3) is 5.56 Å². The van der Waals surface area contributed by atoms with Crippen molar-refractivity contribution in [3.05, 3.63) is 62.6 Å². The molecule has 33 heavy (non-hydrogen) atoms. The number of hydrogen-bond acceptors (Lipinski definition) is 6. The Hall–Kier alpha value is -2.97. The number of piperidine rings is 1. The van der Waals surface area contributed by atoms with Gasteiger partial charge < -0.3 is 14.7 Å². The van der Waals surface area contributed by atoms with Crippen molar-refractivity contribution in [3.8, 4) is 0 Å². The van der Waals surface area contributed by atoms with Gasteiger partial charge in [0.15, 0.2) is 0 Å². The number of nitrogens with one attached hydrogen (secondary N) is 2. The quantitative estimate of drug-likeness (QED) is 0.410. The Kier molecular flexibility index (Phi) is 5.80. The summed E-state index contributed by atoms with van der Waals surface area (Å²) in [6.07, 6.45) is 2.10. The van der Waals surface area contributed by atoms with Crippen molar-refractivity contribution in [1.29, 1.82) is 0 Å². The molecule has 1 fully saturated rings. The summed E-state index contributed by atoms with van der Waals surface area (Å²) in [6, 6.07) is 10.6. The smallest absolute Gasteiger partial charge is 0.348 e. The highest BCUT2D eigenvalue weighted by Gasteiger charge is 2.28. The minimum atomic E-state index is -0.397. The predicted molar refractivity (Wildman–Crippen MR) is 131 cm³/mol. The second-order valence-electron chi connectivity index (χ2n) is 8.71. The normalized spacial score (nSPS) is 16.5. The Morgan fingerprint density at radius 3 is 2.76 bits per heavy atom. The number of fused-ring (bicyclic) bond motifs is 2. The van der Waals surface area contributed by atoms with Crippen molar-refractivity contribution < 1.29 is 9.53 Å². The highest BCUT2D eigenvalue weighted by atomic mass is 32.1. The van der Waals surface area contributed by atoms with Crippen LogP contribution < -0.4 is 5.56 Å². The molecule has 172 valence electrons. The molecule has 4 heterocycles. The van der Waals surface area contributed by atoms with Crippen LogP contribution in [0.25, 0.3) is 21.1 Å². The first kappa shape index (κ1) is 21.9. The number of thiophene rings is 1. The largest absolute Gasteiger partial charge is 0.462 e. The van der Waals surface area contributed by atoms with Gasteiger partial charge in [0.05, 0.1) is 18.0 Å². The molecular formula is C25H28N4O3S. The number of para-hydroxylation sites is 1. The second-order valence-corrected chi connectivity index (χ2v) is 9.71. The van der Waals surface area contributed by atoms with E-state index in [4.69, 9.17) is 9.72 Å². The van der Waals surface area contributed by atoms with Gasteiger partial charge >= 0.3 is 5.97 Å². The van der Waals surface area contributed by atoms with E-state index in [0.29, 0.717) is 39.0 Å². The molecule has 5 rings (SSSR count). The fraction of sp³-hybridized carbons (Fsp3) is 0.400. The highest BCUT2D eigenvalue weighted by molar-refractivity contribution is 7.20. The summed E-state index contributed by atoms with van der Waals surface area (Å²) in [5.41, 5.74) is 2.93. The third-order valence-electron chi connectivity index (χ3n) is 6.74. The molecule has 1 saturated heterocycles. The van der Waals surface area contributed by atoms with Crippen molar-refractivity contribution >= 4 is 38.4 Å². The Morgan fingerprint density at radius 1 is 1.27 bits per heavy atom. The molecule has 2 N–H and O–H groups in total. The SMILES string of the molecule is CCOC(=O)c1sc2nc(C(C)N3CCC(c4cc5ccccc5[nH]4)CC3)[nH]c(=O)c2c1C. The van der Waals surface area contributed by atoms with Gasteiger partial charge in [-0.2, -0.15) is 0 Å². The molecule has 0 radical (unpaired) electrons. The minimum Gasteiger partial charge on any atom is -0.462 e. The van der Waals surface area contributed by atoms with Crippen LogP contribution in [0.4, 0.5) is 0 Å². The number of rotatable bonds is 5. The monoisotopic (exact) mass is 464 g/mol. The zero-order chi connectivity index (χ0) is 23.1. The molecule has 1 aliphatic rings. The molecular weight excluding hydrogens is 436 g/mol. The zero-order valence-electron chi connectivity index (χ0n) is 19.1. The van der Waals surface area contributed by atoms with E-state index < -0.39 is 5.97 Å². The van der Waals surface area contributed by atoms with E-state index in [9.17, 15) is 9.59 Å². The van der Waals surface area contributed by atoms with Crippen LogP contribution in [0.2, 0.25) is 0 Å². The number of likely N-dealkylation sites (tertiary alicyclic amines) is 1. The van der Waals surface area contributed by atoms with Gasteiger partial charge in [-0.1, -0.05) is 18.2 Å². The van der Waals surface area contributed by atoms with Gasteiger partial charge in [0, 0.05) is 17.1 Å². The average molecular weight is 465 g/mol. The molecule has 0 saturated carbocycles. The Bertz CT molecular complexity index is 1340. The summed E-state index contributed by atoms with van der Waals surface area (Å²) in [5.74, 6) is 0.752. The predicted octanol–water partition coefficient (Wildman–Crippen LogP) is 4.89. The minimum absolute atomic E-state index is 0.0146. The molecule has 0 aliphatic carbocycles. The average Bonchev–Trinajstić information content (AvgIpc) is 3.40. The molecule has 8 heteroatoms. The summed E-state index contributed by atoms with van der Waals surface area (Å²) in [6.45, 7) is 7.79. The third-order valence-corrected chi connectivity index (χ3v) is 7.91. The maximum atomic E-state index is 12.9. The standard InChI is InChI=1S/C25H28N4O3S/c1-4-32-25(31)21-14(2)20-23(30)27-22(28-24(20)33-21)15(3)29-11-9-16(10-12-29)19-13-17-7-5-6-8-18(17)26-19/h5-8,13,15-16,26H,4,9-12H2,1-3H3,(H,27,28,30). The van der Waals surface area contributed by atoms with Crippen LogP contribution in [-0.4, -0.2) is 45.5 Å². The van der Waals surface area contributed by atoms with Crippen LogP contribution in [0.3, 0.4) is 0 Å². The topological polar surface area (TPSA) is 91.1 Å². The number of esters is 1. The number of aromatic amines is 2. The van der Waals surface area contributed by atoms with Gasteiger partial charge in [-0.05, 0) is 69.8 Å². The number of aromatic nitrogens is 3. The summed E-state index contributed by atoms with van der Waals surface area (Å²) in [7, 11) is 0. The number of carbonyl (C=O) groups excluding carboxylic acids is 1. The van der Waals surface area contributed by atoms with Crippen LogP contribution in [0.1, 0.15) is 65.4 Å². The lowest BCUT2D eigenvalue weighted by Gasteiger charge is -2.35. The Labute approximate surface area is 195 Å². The number of aryl methyl sites for hydroxylation is 1. The number of carbonyl (C=O) groups is 1. The number of benzene rings is 1. The second kappa shape index (κ2) is 8.76. The number of ether oxygens (including phenoxy) is 1. The van der Waals surface area contributed by atoms with E-state index in [0.717, 1.165) is 25.9 Å². The van der Waals surface area contributed by atoms with E-state index in [1.54, 1.807) is 13.8 Å². The van der Waals surface area contributed by atoms with Crippen LogP contribution in [0, 0.1) is 6.92 Å². The molecule has 1 aromatic carbocycles. The Balaban J connectivity index is 1.34. The van der Waals surface area contributed by atoms with Gasteiger partial charge in [0.1, 0.15) is 15.5 Å². The zero-order valence-corrected chi connectivity index (χ0v) is 19.9. The van der Waals surface area contributed by atoms with Crippen molar-refractivity contribution in [3.63, 3.8) is 0 Å². The van der Waals surface area contributed by atoms with Crippen LogP contribution >= 0.6 is 11.3 Å². The van der Waals surface area contributed by atoms with Crippen molar-refractivity contribution in [2.45, 2.75) is 45.6 Å². The third kappa shape index (κ3) is 3.98. The molecule has 0 spiro atoms. The molecule has 3 aromatic heterocycles. The van der Waals surface area contributed by atoms with Crippen LogP contribution in [-0.2, 0) is 4.74 Å². The molecule has 1 atom stereocenters. The highest BCUT2D eigenvalue weighted by Crippen LogP contribution is 2.33. The van der Waals surface area contributed by atoms with E-state index in [2.05, 4.69) is 52.1 Å². The molecule has 1 unspecified atom stereocenters. The summed E-state index contributed by atoms with van der Waals surface area (Å²) < 4.78 is 5.14. The maximum absolute atomic E-state index is 12.9. The number of H-pyrrole nitrogens is 2. The molecule has 4 aromatic rings. The van der Waals surface area contributed by atoms with Gasteiger partial charge in [-0.15, -0.1) is 11.3 Å². The van der Waals surface area contributed by atoms with Crippen molar-refractivity contribution in [2.24, 2.45) is 0 Å². The Morgan fingerprint density at radius 2 is 2.03 bits per heavy atom. The summed E-state index contributed by atoms with van der Waals surface area (Å²) in [4.78, 5) is 39.8. The van der Waals surface area contributed by atoms with Crippen molar-refractivity contribution in [2.75, 3.05) is 19.7 Å². The fourth-order valence-electron chi connectivity index (χ4n) is 4.84.